The molecule has 8 nitrogen and oxygen atoms in total. The molecular formula is C38H36N6O2+2. The Morgan fingerprint density at radius 1 is 0.457 bits per heavy atom. The van der Waals surface area contributed by atoms with Crippen LogP contribution in [0.3, 0.4) is 0 Å². The smallest absolute Gasteiger partial charge is 0.285 e. The predicted molar refractivity (Wildman–Crippen MR) is 181 cm³/mol. The Hall–Kier alpha value is -5.24. The molecule has 46 heavy (non-hydrogen) atoms. The van der Waals surface area contributed by atoms with Crippen LogP contribution in [0.1, 0.15) is 0 Å². The normalized spacial score (nSPS) is 16.2. The van der Waals surface area contributed by atoms with Crippen molar-refractivity contribution in [2.45, 2.75) is 13.1 Å². The quantitative estimate of drug-likeness (QED) is 0.225. The van der Waals surface area contributed by atoms with Crippen LogP contribution < -0.4 is 18.9 Å². The van der Waals surface area contributed by atoms with Gasteiger partial charge in [-0.05, 0) is 24.3 Å². The summed E-state index contributed by atoms with van der Waals surface area (Å²) in [5.41, 5.74) is 2.41. The zero-order chi connectivity index (χ0) is 30.8. The summed E-state index contributed by atoms with van der Waals surface area (Å²) in [6.07, 6.45) is 0. The molecule has 5 heterocycles. The molecule has 0 radical (unpaired) electrons. The van der Waals surface area contributed by atoms with Crippen molar-refractivity contribution in [3.05, 3.63) is 97.1 Å². The van der Waals surface area contributed by atoms with Crippen molar-refractivity contribution in [3.63, 3.8) is 0 Å². The molecule has 2 aromatic heterocycles. The van der Waals surface area contributed by atoms with E-state index in [1.165, 1.54) is 43.4 Å². The summed E-state index contributed by atoms with van der Waals surface area (Å²) in [6.45, 7) is 6.29. The SMILES string of the molecule is O=C(CN1CC[n+]2c1c1ccccc1c1ccccc12)N1CCN(C(=O)CN2CC[n+]3c2c2ccccc2c2ccccc23)CC1. The fourth-order valence-corrected chi connectivity index (χ4v) is 8.05. The Balaban J connectivity index is 0.894. The lowest BCUT2D eigenvalue weighted by atomic mass is 10.1. The molecule has 0 atom stereocenters. The third-order valence-electron chi connectivity index (χ3n) is 10.2. The van der Waals surface area contributed by atoms with E-state index >= 15 is 0 Å². The third kappa shape index (κ3) is 4.20. The van der Waals surface area contributed by atoms with Gasteiger partial charge < -0.3 is 9.80 Å². The zero-order valence-corrected chi connectivity index (χ0v) is 25.8. The second-order valence-electron chi connectivity index (χ2n) is 12.7. The number of anilines is 2. The summed E-state index contributed by atoms with van der Waals surface area (Å²) in [6, 6.07) is 34.1. The molecule has 0 N–H and O–H groups in total. The molecule has 0 spiro atoms. The highest BCUT2D eigenvalue weighted by atomic mass is 16.2. The average Bonchev–Trinajstić information content (AvgIpc) is 3.74. The Morgan fingerprint density at radius 3 is 1.22 bits per heavy atom. The highest BCUT2D eigenvalue weighted by Gasteiger charge is 2.37. The van der Waals surface area contributed by atoms with Crippen LogP contribution in [0, 0.1) is 0 Å². The zero-order valence-electron chi connectivity index (χ0n) is 25.8. The van der Waals surface area contributed by atoms with E-state index in [0.29, 0.717) is 39.3 Å². The summed E-state index contributed by atoms with van der Waals surface area (Å²) < 4.78 is 4.73. The van der Waals surface area contributed by atoms with Crippen molar-refractivity contribution in [2.75, 3.05) is 62.2 Å². The fourth-order valence-electron chi connectivity index (χ4n) is 8.05. The van der Waals surface area contributed by atoms with Gasteiger partial charge in [0.15, 0.2) is 13.1 Å². The van der Waals surface area contributed by atoms with Crippen molar-refractivity contribution in [1.82, 2.24) is 9.80 Å². The van der Waals surface area contributed by atoms with Gasteiger partial charge in [-0.2, -0.15) is 0 Å². The van der Waals surface area contributed by atoms with Crippen LogP contribution in [0.4, 0.5) is 11.6 Å². The molecule has 6 aromatic rings. The van der Waals surface area contributed by atoms with E-state index < -0.39 is 0 Å². The minimum Gasteiger partial charge on any atom is -0.336 e. The summed E-state index contributed by atoms with van der Waals surface area (Å²) in [7, 11) is 0. The van der Waals surface area contributed by atoms with Gasteiger partial charge in [-0.25, -0.2) is 18.9 Å². The fraction of sp³-hybridized carbons (Fsp3) is 0.263. The lowest BCUT2D eigenvalue weighted by molar-refractivity contribution is -0.643. The Labute approximate surface area is 267 Å². The van der Waals surface area contributed by atoms with E-state index in [1.54, 1.807) is 0 Å². The highest BCUT2D eigenvalue weighted by molar-refractivity contribution is 6.09. The van der Waals surface area contributed by atoms with Gasteiger partial charge in [0.2, 0.25) is 0 Å². The molecular weight excluding hydrogens is 572 g/mol. The number of aromatic nitrogens is 2. The molecule has 4 aromatic carbocycles. The third-order valence-corrected chi connectivity index (χ3v) is 10.2. The van der Waals surface area contributed by atoms with E-state index in [0.717, 1.165) is 37.8 Å². The average molecular weight is 609 g/mol. The van der Waals surface area contributed by atoms with E-state index in [9.17, 15) is 9.59 Å². The van der Waals surface area contributed by atoms with Gasteiger partial charge in [-0.15, -0.1) is 0 Å². The Bertz CT molecular complexity index is 2050. The van der Waals surface area contributed by atoms with Crippen molar-refractivity contribution < 1.29 is 18.7 Å². The molecule has 3 aliphatic heterocycles. The second kappa shape index (κ2) is 10.7. The van der Waals surface area contributed by atoms with Gasteiger partial charge in [-0.1, -0.05) is 72.8 Å². The topological polar surface area (TPSA) is 54.9 Å². The van der Waals surface area contributed by atoms with Gasteiger partial charge in [0.05, 0.1) is 10.8 Å². The number of hydrogen-bond acceptors (Lipinski definition) is 4. The van der Waals surface area contributed by atoms with Crippen LogP contribution in [-0.4, -0.2) is 74.0 Å². The number of carbonyl (C=O) groups excluding carboxylic acids is 2. The van der Waals surface area contributed by atoms with Crippen molar-refractivity contribution in [2.24, 2.45) is 0 Å². The van der Waals surface area contributed by atoms with Crippen LogP contribution in [0.25, 0.3) is 43.4 Å². The number of benzene rings is 4. The molecule has 228 valence electrons. The number of fused-ring (bicyclic) bond motifs is 12. The molecule has 0 saturated carbocycles. The lowest BCUT2D eigenvalue weighted by Crippen LogP contribution is -2.54. The maximum atomic E-state index is 13.6. The lowest BCUT2D eigenvalue weighted by Gasteiger charge is -2.35. The summed E-state index contributed by atoms with van der Waals surface area (Å²) in [4.78, 5) is 35.7. The first-order valence-corrected chi connectivity index (χ1v) is 16.4. The van der Waals surface area contributed by atoms with E-state index in [1.807, 2.05) is 9.80 Å². The molecule has 0 aliphatic carbocycles. The largest absolute Gasteiger partial charge is 0.336 e. The van der Waals surface area contributed by atoms with Crippen molar-refractivity contribution in [3.8, 4) is 0 Å². The van der Waals surface area contributed by atoms with Crippen molar-refractivity contribution >= 4 is 66.8 Å². The molecule has 3 aliphatic rings. The Morgan fingerprint density at radius 2 is 0.804 bits per heavy atom. The second-order valence-corrected chi connectivity index (χ2v) is 12.7. The molecule has 0 bridgehead atoms. The maximum absolute atomic E-state index is 13.6. The summed E-state index contributed by atoms with van der Waals surface area (Å²) >= 11 is 0. The molecule has 8 heteroatoms. The number of nitrogens with zero attached hydrogens (tertiary/aromatic N) is 6. The van der Waals surface area contributed by atoms with Gasteiger partial charge in [0, 0.05) is 47.7 Å². The molecule has 9 rings (SSSR count). The predicted octanol–water partition coefficient (Wildman–Crippen LogP) is 3.89. The van der Waals surface area contributed by atoms with Gasteiger partial charge in [0.1, 0.15) is 37.2 Å². The molecule has 1 fully saturated rings. The first kappa shape index (κ1) is 27.1. The minimum atomic E-state index is 0.126. The van der Waals surface area contributed by atoms with Crippen LogP contribution in [0.5, 0.6) is 0 Å². The van der Waals surface area contributed by atoms with Crippen LogP contribution >= 0.6 is 0 Å². The summed E-state index contributed by atoms with van der Waals surface area (Å²) in [5.74, 6) is 2.50. The number of carbonyl (C=O) groups is 2. The molecule has 0 unspecified atom stereocenters. The van der Waals surface area contributed by atoms with E-state index in [2.05, 4.69) is 116 Å². The van der Waals surface area contributed by atoms with Gasteiger partial charge >= 0.3 is 0 Å². The molecule has 2 amide bonds. The van der Waals surface area contributed by atoms with Gasteiger partial charge in [0.25, 0.3) is 23.5 Å². The standard InChI is InChI=1S/C38H36N6O2/c45-35(25-41-21-23-43-33-15-7-5-11-29(33)27-9-1-3-13-31(27)37(41)43)39-17-19-40(20-18-39)36(46)26-42-22-24-44-34-16-8-6-12-30(34)28-10-2-4-14-32(28)38(42)44/h1-16H,17-26H2/q+2. The summed E-state index contributed by atoms with van der Waals surface area (Å²) in [5, 5.41) is 7.29. The first-order valence-electron chi connectivity index (χ1n) is 16.4. The molecule has 1 saturated heterocycles. The number of amides is 2. The number of piperazine rings is 1. The number of hydrogen-bond donors (Lipinski definition) is 0. The number of para-hydroxylation sites is 2. The monoisotopic (exact) mass is 608 g/mol. The van der Waals surface area contributed by atoms with Crippen LogP contribution in [-0.2, 0) is 22.7 Å². The number of rotatable bonds is 4. The first-order chi connectivity index (χ1) is 22.7. The maximum Gasteiger partial charge on any atom is 0.285 e. The van der Waals surface area contributed by atoms with Crippen molar-refractivity contribution in [1.29, 1.82) is 0 Å². The number of pyridine rings is 2. The van der Waals surface area contributed by atoms with E-state index in [4.69, 9.17) is 0 Å². The van der Waals surface area contributed by atoms with E-state index in [-0.39, 0.29) is 11.8 Å². The van der Waals surface area contributed by atoms with Gasteiger partial charge in [-0.3, -0.25) is 9.59 Å². The minimum absolute atomic E-state index is 0.126. The Kier molecular flexibility index (Phi) is 6.30. The highest BCUT2D eigenvalue weighted by Crippen LogP contribution is 2.33. The van der Waals surface area contributed by atoms with Crippen LogP contribution in [0.15, 0.2) is 97.1 Å². The van der Waals surface area contributed by atoms with Crippen LogP contribution in [0.2, 0.25) is 0 Å².